The first-order chi connectivity index (χ1) is 9.81. The van der Waals surface area contributed by atoms with Crippen LogP contribution in [0.4, 0.5) is 5.69 Å². The number of hydrogen-bond donors (Lipinski definition) is 1. The molecule has 1 N–H and O–H groups in total. The summed E-state index contributed by atoms with van der Waals surface area (Å²) in [5.74, 6) is 0.0982. The van der Waals surface area contributed by atoms with Gasteiger partial charge < -0.3 is 5.32 Å². The van der Waals surface area contributed by atoms with E-state index in [-0.39, 0.29) is 18.2 Å². The zero-order chi connectivity index (χ0) is 15.6. The van der Waals surface area contributed by atoms with Crippen LogP contribution in [-0.4, -0.2) is 30.4 Å². The molecule has 116 valence electrons. The molecule has 0 fully saturated rings. The number of hydrogen-bond acceptors (Lipinski definition) is 3. The zero-order valence-corrected chi connectivity index (χ0v) is 13.5. The number of para-hydroxylation sites is 1. The summed E-state index contributed by atoms with van der Waals surface area (Å²) < 4.78 is 26.4. The van der Waals surface area contributed by atoms with Crippen molar-refractivity contribution < 1.29 is 13.2 Å². The van der Waals surface area contributed by atoms with Crippen LogP contribution in [0.2, 0.25) is 0 Å². The zero-order valence-electron chi connectivity index (χ0n) is 12.7. The largest absolute Gasteiger partial charge is 0.324 e. The molecule has 1 aromatic carbocycles. The van der Waals surface area contributed by atoms with Crippen molar-refractivity contribution in [2.75, 3.05) is 11.1 Å². The van der Waals surface area contributed by atoms with E-state index >= 15 is 0 Å². The minimum atomic E-state index is -3.45. The maximum absolute atomic E-state index is 12.6. The van der Waals surface area contributed by atoms with E-state index in [0.29, 0.717) is 18.0 Å². The number of amides is 1. The first-order valence-electron chi connectivity index (χ1n) is 7.19. The number of nitrogens with one attached hydrogen (secondary N) is 1. The molecule has 1 aromatic rings. The highest BCUT2D eigenvalue weighted by atomic mass is 32.2. The normalized spacial score (nSPS) is 20.0. The Balaban J connectivity index is 2.32. The minimum absolute atomic E-state index is 0.0739. The number of carbonyl (C=O) groups is 1. The summed E-state index contributed by atoms with van der Waals surface area (Å²) in [7, 11) is -3.45. The molecule has 1 atom stereocenters. The Kier molecular flexibility index (Phi) is 4.68. The first kappa shape index (κ1) is 16.0. The van der Waals surface area contributed by atoms with Crippen molar-refractivity contribution in [1.29, 1.82) is 0 Å². The van der Waals surface area contributed by atoms with Gasteiger partial charge in [0.05, 0.1) is 5.75 Å². The quantitative estimate of drug-likeness (QED) is 0.927. The summed E-state index contributed by atoms with van der Waals surface area (Å²) in [4.78, 5) is 12.2. The van der Waals surface area contributed by atoms with Gasteiger partial charge in [-0.2, -0.15) is 4.31 Å². The van der Waals surface area contributed by atoms with Crippen molar-refractivity contribution >= 4 is 21.6 Å². The van der Waals surface area contributed by atoms with Crippen molar-refractivity contribution in [3.05, 3.63) is 29.8 Å². The molecule has 0 spiro atoms. The predicted molar refractivity (Wildman–Crippen MR) is 83.3 cm³/mol. The van der Waals surface area contributed by atoms with Crippen molar-refractivity contribution in [2.24, 2.45) is 5.92 Å². The molecule has 1 heterocycles. The van der Waals surface area contributed by atoms with Gasteiger partial charge in [0.1, 0.15) is 6.04 Å². The molecule has 0 aromatic heterocycles. The van der Waals surface area contributed by atoms with Gasteiger partial charge in [-0.15, -0.1) is 0 Å². The summed E-state index contributed by atoms with van der Waals surface area (Å²) in [5, 5.41) is 2.79. The highest BCUT2D eigenvalue weighted by Crippen LogP contribution is 2.25. The number of anilines is 1. The van der Waals surface area contributed by atoms with Crippen LogP contribution in [0, 0.1) is 5.92 Å². The Morgan fingerprint density at radius 1 is 1.33 bits per heavy atom. The van der Waals surface area contributed by atoms with Crippen molar-refractivity contribution in [2.45, 2.75) is 39.8 Å². The van der Waals surface area contributed by atoms with Gasteiger partial charge in [0.25, 0.3) is 0 Å². The molecule has 0 bridgehead atoms. The number of sulfonamides is 1. The van der Waals surface area contributed by atoms with Gasteiger partial charge in [-0.3, -0.25) is 4.79 Å². The molecular weight excluding hydrogens is 288 g/mol. The molecule has 0 aliphatic carbocycles. The highest BCUT2D eigenvalue weighted by Gasteiger charge is 2.34. The van der Waals surface area contributed by atoms with Crippen LogP contribution in [-0.2, 0) is 21.4 Å². The number of rotatable bonds is 4. The maximum Gasteiger partial charge on any atom is 0.242 e. The Morgan fingerprint density at radius 3 is 2.67 bits per heavy atom. The Morgan fingerprint density at radius 2 is 2.00 bits per heavy atom. The standard InChI is InChI=1S/C15H22N2O3S/c1-11(2)8-9-21(19,20)17-10-13-6-4-5-7-14(13)16-15(18)12(17)3/h4-7,11-12H,8-10H2,1-3H3,(H,16,18). The lowest BCUT2D eigenvalue weighted by atomic mass is 10.2. The summed E-state index contributed by atoms with van der Waals surface area (Å²) in [5.41, 5.74) is 1.51. The van der Waals surface area contributed by atoms with Gasteiger partial charge in [0, 0.05) is 12.2 Å². The van der Waals surface area contributed by atoms with Gasteiger partial charge in [-0.25, -0.2) is 8.42 Å². The van der Waals surface area contributed by atoms with Gasteiger partial charge in [0.15, 0.2) is 0 Å². The van der Waals surface area contributed by atoms with Crippen LogP contribution < -0.4 is 5.32 Å². The second-order valence-corrected chi connectivity index (χ2v) is 7.91. The lowest BCUT2D eigenvalue weighted by molar-refractivity contribution is -0.119. The molecule has 0 saturated heterocycles. The van der Waals surface area contributed by atoms with Crippen molar-refractivity contribution in [3.8, 4) is 0 Å². The molecule has 21 heavy (non-hydrogen) atoms. The summed E-state index contributed by atoms with van der Waals surface area (Å²) in [6, 6.07) is 6.62. The summed E-state index contributed by atoms with van der Waals surface area (Å²) >= 11 is 0. The van der Waals surface area contributed by atoms with Crippen molar-refractivity contribution in [3.63, 3.8) is 0 Å². The molecule has 0 saturated carbocycles. The maximum atomic E-state index is 12.6. The molecule has 5 nitrogen and oxygen atoms in total. The van der Waals surface area contributed by atoms with Gasteiger partial charge >= 0.3 is 0 Å². The summed E-state index contributed by atoms with van der Waals surface area (Å²) in [6.45, 7) is 5.84. The molecular formula is C15H22N2O3S. The third kappa shape index (κ3) is 3.63. The number of nitrogens with zero attached hydrogens (tertiary/aromatic N) is 1. The fraction of sp³-hybridized carbons (Fsp3) is 0.533. The van der Waals surface area contributed by atoms with Crippen LogP contribution in [0.5, 0.6) is 0 Å². The van der Waals surface area contributed by atoms with Gasteiger partial charge in [-0.1, -0.05) is 32.0 Å². The van der Waals surface area contributed by atoms with E-state index in [2.05, 4.69) is 5.32 Å². The van der Waals surface area contributed by atoms with Gasteiger partial charge in [0.2, 0.25) is 15.9 Å². The average molecular weight is 310 g/mol. The van der Waals surface area contributed by atoms with Crippen LogP contribution in [0.1, 0.15) is 32.8 Å². The fourth-order valence-electron chi connectivity index (χ4n) is 2.29. The Labute approximate surface area is 126 Å². The van der Waals surface area contributed by atoms with Crippen LogP contribution in [0.3, 0.4) is 0 Å². The lowest BCUT2D eigenvalue weighted by Gasteiger charge is -2.25. The van der Waals surface area contributed by atoms with E-state index in [1.54, 1.807) is 13.0 Å². The van der Waals surface area contributed by atoms with E-state index in [1.165, 1.54) is 4.31 Å². The topological polar surface area (TPSA) is 66.5 Å². The molecule has 2 rings (SSSR count). The average Bonchev–Trinajstić information content (AvgIpc) is 2.55. The second-order valence-electron chi connectivity index (χ2n) is 5.87. The van der Waals surface area contributed by atoms with Crippen molar-refractivity contribution in [1.82, 2.24) is 4.31 Å². The molecule has 1 aliphatic rings. The van der Waals surface area contributed by atoms with E-state index in [0.717, 1.165) is 5.56 Å². The van der Waals surface area contributed by atoms with Crippen LogP contribution in [0.25, 0.3) is 0 Å². The van der Waals surface area contributed by atoms with Gasteiger partial charge in [-0.05, 0) is 30.9 Å². The fourth-order valence-corrected chi connectivity index (χ4v) is 4.21. The number of fused-ring (bicyclic) bond motifs is 1. The monoisotopic (exact) mass is 310 g/mol. The number of carbonyl (C=O) groups excluding carboxylic acids is 1. The van der Waals surface area contributed by atoms with Crippen LogP contribution >= 0.6 is 0 Å². The highest BCUT2D eigenvalue weighted by molar-refractivity contribution is 7.89. The van der Waals surface area contributed by atoms with E-state index < -0.39 is 16.1 Å². The van der Waals surface area contributed by atoms with E-state index in [9.17, 15) is 13.2 Å². The Bertz CT molecular complexity index is 626. The van der Waals surface area contributed by atoms with E-state index in [1.807, 2.05) is 32.0 Å². The smallest absolute Gasteiger partial charge is 0.242 e. The molecule has 0 radical (unpaired) electrons. The number of benzene rings is 1. The molecule has 1 aliphatic heterocycles. The van der Waals surface area contributed by atoms with Crippen LogP contribution in [0.15, 0.2) is 24.3 Å². The third-order valence-electron chi connectivity index (χ3n) is 3.72. The minimum Gasteiger partial charge on any atom is -0.324 e. The predicted octanol–water partition coefficient (Wildman–Crippen LogP) is 2.21. The van der Waals surface area contributed by atoms with E-state index in [4.69, 9.17) is 0 Å². The molecule has 1 amide bonds. The summed E-state index contributed by atoms with van der Waals surface area (Å²) in [6.07, 6.45) is 0.592. The molecule has 1 unspecified atom stereocenters. The lowest BCUT2D eigenvalue weighted by Crippen LogP contribution is -2.44. The third-order valence-corrected chi connectivity index (χ3v) is 5.63. The second kappa shape index (κ2) is 6.15. The Hall–Kier alpha value is -1.40. The molecule has 6 heteroatoms. The first-order valence-corrected chi connectivity index (χ1v) is 8.80. The SMILES string of the molecule is CC(C)CCS(=O)(=O)N1Cc2ccccc2NC(=O)C1C.